The van der Waals surface area contributed by atoms with Gasteiger partial charge < -0.3 is 10.1 Å². The predicted molar refractivity (Wildman–Crippen MR) is 73.3 cm³/mol. The van der Waals surface area contributed by atoms with Crippen LogP contribution in [0.25, 0.3) is 0 Å². The molecular weight excluding hydrogens is 229 g/mol. The first kappa shape index (κ1) is 15.1. The van der Waals surface area contributed by atoms with Crippen molar-refractivity contribution in [2.45, 2.75) is 38.6 Å². The van der Waals surface area contributed by atoms with Gasteiger partial charge in [-0.3, -0.25) is 0 Å². The Morgan fingerprint density at radius 1 is 1.39 bits per heavy atom. The molecule has 0 aliphatic heterocycles. The summed E-state index contributed by atoms with van der Waals surface area (Å²) in [6, 6.07) is 7.28. The van der Waals surface area contributed by atoms with Gasteiger partial charge in [-0.2, -0.15) is 0 Å². The molecule has 0 radical (unpaired) electrons. The standard InChI is InChI=1S/C15H24FNO/c1-3-9-17-15(8-5-10-18-2)12-13-6-4-7-14(16)11-13/h4,6-7,11,15,17H,3,5,8-10,12H2,1-2H3. The lowest BCUT2D eigenvalue weighted by atomic mass is 10.0. The highest BCUT2D eigenvalue weighted by molar-refractivity contribution is 5.17. The fraction of sp³-hybridized carbons (Fsp3) is 0.600. The van der Waals surface area contributed by atoms with E-state index in [1.165, 1.54) is 6.07 Å². The summed E-state index contributed by atoms with van der Waals surface area (Å²) in [5.41, 5.74) is 1.06. The molecule has 3 heteroatoms. The van der Waals surface area contributed by atoms with Crippen molar-refractivity contribution >= 4 is 0 Å². The van der Waals surface area contributed by atoms with E-state index in [4.69, 9.17) is 4.74 Å². The molecule has 0 aromatic heterocycles. The monoisotopic (exact) mass is 253 g/mol. The van der Waals surface area contributed by atoms with Crippen LogP contribution in [0.4, 0.5) is 4.39 Å². The van der Waals surface area contributed by atoms with Gasteiger partial charge in [-0.1, -0.05) is 19.1 Å². The quantitative estimate of drug-likeness (QED) is 0.683. The Morgan fingerprint density at radius 2 is 2.22 bits per heavy atom. The molecule has 1 atom stereocenters. The smallest absolute Gasteiger partial charge is 0.123 e. The van der Waals surface area contributed by atoms with Crippen LogP contribution in [0.2, 0.25) is 0 Å². The maximum absolute atomic E-state index is 13.1. The van der Waals surface area contributed by atoms with Crippen molar-refractivity contribution in [2.75, 3.05) is 20.3 Å². The van der Waals surface area contributed by atoms with Gasteiger partial charge >= 0.3 is 0 Å². The molecule has 1 aromatic rings. The Kier molecular flexibility index (Phi) is 7.62. The summed E-state index contributed by atoms with van der Waals surface area (Å²) in [5, 5.41) is 3.52. The minimum Gasteiger partial charge on any atom is -0.385 e. The summed E-state index contributed by atoms with van der Waals surface area (Å²) >= 11 is 0. The summed E-state index contributed by atoms with van der Waals surface area (Å²) in [6.45, 7) is 3.95. The number of nitrogens with one attached hydrogen (secondary N) is 1. The second-order valence-corrected chi connectivity index (χ2v) is 4.62. The van der Waals surface area contributed by atoms with Crippen LogP contribution in [0.3, 0.4) is 0 Å². The van der Waals surface area contributed by atoms with Crippen molar-refractivity contribution in [2.24, 2.45) is 0 Å². The summed E-state index contributed by atoms with van der Waals surface area (Å²) in [7, 11) is 1.72. The minimum atomic E-state index is -0.154. The lowest BCUT2D eigenvalue weighted by Gasteiger charge is -2.18. The van der Waals surface area contributed by atoms with Gasteiger partial charge in [0.1, 0.15) is 5.82 Å². The number of rotatable bonds is 9. The van der Waals surface area contributed by atoms with Gasteiger partial charge in [-0.05, 0) is 49.9 Å². The zero-order valence-corrected chi connectivity index (χ0v) is 11.4. The van der Waals surface area contributed by atoms with Crippen molar-refractivity contribution in [1.29, 1.82) is 0 Å². The van der Waals surface area contributed by atoms with Crippen LogP contribution >= 0.6 is 0 Å². The molecule has 0 spiro atoms. The number of halogens is 1. The molecule has 1 rings (SSSR count). The first-order valence-corrected chi connectivity index (χ1v) is 6.73. The number of ether oxygens (including phenoxy) is 1. The predicted octanol–water partition coefficient (Wildman–Crippen LogP) is 3.16. The number of hydrogen-bond acceptors (Lipinski definition) is 2. The van der Waals surface area contributed by atoms with Crippen molar-refractivity contribution in [1.82, 2.24) is 5.32 Å². The summed E-state index contributed by atoms with van der Waals surface area (Å²) < 4.78 is 18.2. The van der Waals surface area contributed by atoms with Crippen LogP contribution in [0.15, 0.2) is 24.3 Å². The fourth-order valence-corrected chi connectivity index (χ4v) is 2.05. The second-order valence-electron chi connectivity index (χ2n) is 4.62. The first-order valence-electron chi connectivity index (χ1n) is 6.73. The molecular formula is C15H24FNO. The molecule has 102 valence electrons. The van der Waals surface area contributed by atoms with Gasteiger partial charge in [0.15, 0.2) is 0 Å². The Labute approximate surface area is 110 Å². The molecule has 0 fully saturated rings. The average Bonchev–Trinajstić information content (AvgIpc) is 2.36. The van der Waals surface area contributed by atoms with Crippen LogP contribution in [0.5, 0.6) is 0 Å². The second kappa shape index (κ2) is 9.06. The summed E-state index contributed by atoms with van der Waals surface area (Å²) in [4.78, 5) is 0. The zero-order chi connectivity index (χ0) is 13.2. The summed E-state index contributed by atoms with van der Waals surface area (Å²) in [5.74, 6) is -0.154. The molecule has 0 bridgehead atoms. The molecule has 0 heterocycles. The van der Waals surface area contributed by atoms with Gasteiger partial charge in [0.2, 0.25) is 0 Å². The Bertz CT molecular complexity index is 330. The lowest BCUT2D eigenvalue weighted by molar-refractivity contribution is 0.188. The van der Waals surface area contributed by atoms with E-state index in [1.807, 2.05) is 6.07 Å². The summed E-state index contributed by atoms with van der Waals surface area (Å²) in [6.07, 6.45) is 4.09. The van der Waals surface area contributed by atoms with E-state index < -0.39 is 0 Å². The third kappa shape index (κ3) is 6.12. The van der Waals surface area contributed by atoms with Crippen LogP contribution in [-0.2, 0) is 11.2 Å². The Morgan fingerprint density at radius 3 is 2.89 bits per heavy atom. The molecule has 0 saturated heterocycles. The van der Waals surface area contributed by atoms with E-state index >= 15 is 0 Å². The molecule has 2 nitrogen and oxygen atoms in total. The van der Waals surface area contributed by atoms with Crippen molar-refractivity contribution in [3.63, 3.8) is 0 Å². The molecule has 1 N–H and O–H groups in total. The van der Waals surface area contributed by atoms with Crippen LogP contribution < -0.4 is 5.32 Å². The molecule has 0 aliphatic rings. The van der Waals surface area contributed by atoms with E-state index in [1.54, 1.807) is 19.2 Å². The van der Waals surface area contributed by atoms with E-state index in [0.29, 0.717) is 6.04 Å². The highest BCUT2D eigenvalue weighted by atomic mass is 19.1. The van der Waals surface area contributed by atoms with E-state index in [2.05, 4.69) is 12.2 Å². The third-order valence-corrected chi connectivity index (χ3v) is 2.96. The topological polar surface area (TPSA) is 21.3 Å². The highest BCUT2D eigenvalue weighted by Gasteiger charge is 2.09. The first-order chi connectivity index (χ1) is 8.76. The van der Waals surface area contributed by atoms with Gasteiger partial charge in [0.25, 0.3) is 0 Å². The fourth-order valence-electron chi connectivity index (χ4n) is 2.05. The van der Waals surface area contributed by atoms with Gasteiger partial charge in [-0.25, -0.2) is 4.39 Å². The average molecular weight is 253 g/mol. The highest BCUT2D eigenvalue weighted by Crippen LogP contribution is 2.10. The van der Waals surface area contributed by atoms with E-state index in [9.17, 15) is 4.39 Å². The van der Waals surface area contributed by atoms with Gasteiger partial charge in [0, 0.05) is 19.8 Å². The van der Waals surface area contributed by atoms with Crippen LogP contribution in [-0.4, -0.2) is 26.3 Å². The Hall–Kier alpha value is -0.930. The molecule has 1 aromatic carbocycles. The van der Waals surface area contributed by atoms with Gasteiger partial charge in [-0.15, -0.1) is 0 Å². The zero-order valence-electron chi connectivity index (χ0n) is 11.4. The largest absolute Gasteiger partial charge is 0.385 e. The Balaban J connectivity index is 2.48. The molecule has 0 saturated carbocycles. The third-order valence-electron chi connectivity index (χ3n) is 2.96. The number of methoxy groups -OCH3 is 1. The van der Waals surface area contributed by atoms with Crippen molar-refractivity contribution in [3.8, 4) is 0 Å². The van der Waals surface area contributed by atoms with Crippen LogP contribution in [0, 0.1) is 5.82 Å². The SMILES string of the molecule is CCCNC(CCCOC)Cc1cccc(F)c1. The molecule has 1 unspecified atom stereocenters. The van der Waals surface area contributed by atoms with Crippen LogP contribution in [0.1, 0.15) is 31.7 Å². The molecule has 0 aliphatic carbocycles. The molecule has 18 heavy (non-hydrogen) atoms. The number of benzene rings is 1. The van der Waals surface area contributed by atoms with Gasteiger partial charge in [0.05, 0.1) is 0 Å². The lowest BCUT2D eigenvalue weighted by Crippen LogP contribution is -2.32. The van der Waals surface area contributed by atoms with Crippen molar-refractivity contribution < 1.29 is 9.13 Å². The normalized spacial score (nSPS) is 12.6. The maximum Gasteiger partial charge on any atom is 0.123 e. The van der Waals surface area contributed by atoms with E-state index in [-0.39, 0.29) is 5.82 Å². The van der Waals surface area contributed by atoms with E-state index in [0.717, 1.165) is 44.4 Å². The minimum absolute atomic E-state index is 0.154. The maximum atomic E-state index is 13.1. The molecule has 0 amide bonds. The van der Waals surface area contributed by atoms with Crippen molar-refractivity contribution in [3.05, 3.63) is 35.6 Å². The number of hydrogen-bond donors (Lipinski definition) is 1.